The number of oxazole rings is 1. The molecule has 1 heterocycles. The van der Waals surface area contributed by atoms with E-state index in [0.29, 0.717) is 37.0 Å². The first-order valence-electron chi connectivity index (χ1n) is 9.21. The van der Waals surface area contributed by atoms with Crippen LogP contribution in [0.4, 0.5) is 0 Å². The van der Waals surface area contributed by atoms with Crippen LogP contribution in [0.15, 0.2) is 65.1 Å². The van der Waals surface area contributed by atoms with Crippen LogP contribution in [0.25, 0.3) is 11.5 Å². The zero-order valence-electron chi connectivity index (χ0n) is 15.6. The summed E-state index contributed by atoms with van der Waals surface area (Å²) < 4.78 is 5.78. The van der Waals surface area contributed by atoms with E-state index in [1.807, 2.05) is 72.5 Å². The number of benzene rings is 2. The molecular weight excluding hydrogens is 338 g/mol. The van der Waals surface area contributed by atoms with Crippen LogP contribution in [0.3, 0.4) is 0 Å². The van der Waals surface area contributed by atoms with E-state index >= 15 is 0 Å². The number of amides is 1. The van der Waals surface area contributed by atoms with Crippen molar-refractivity contribution < 1.29 is 9.21 Å². The first-order chi connectivity index (χ1) is 13.2. The van der Waals surface area contributed by atoms with Gasteiger partial charge in [0.05, 0.1) is 12.1 Å². The molecule has 0 radical (unpaired) electrons. The number of hydrogen-bond acceptors (Lipinski definition) is 4. The normalized spacial score (nSPS) is 10.7. The molecule has 1 amide bonds. The van der Waals surface area contributed by atoms with Gasteiger partial charge in [-0.05, 0) is 37.6 Å². The average Bonchev–Trinajstić information content (AvgIpc) is 3.07. The Balaban J connectivity index is 1.74. The molecule has 0 unspecified atom stereocenters. The van der Waals surface area contributed by atoms with E-state index in [2.05, 4.69) is 4.98 Å². The monoisotopic (exact) mass is 363 g/mol. The minimum Gasteiger partial charge on any atom is -0.441 e. The third-order valence-electron chi connectivity index (χ3n) is 4.43. The first-order valence-corrected chi connectivity index (χ1v) is 9.21. The molecule has 2 aromatic carbocycles. The summed E-state index contributed by atoms with van der Waals surface area (Å²) in [5.41, 5.74) is 8.34. The molecule has 0 fully saturated rings. The van der Waals surface area contributed by atoms with Crippen LogP contribution in [-0.4, -0.2) is 28.9 Å². The second-order valence-electron chi connectivity index (χ2n) is 6.51. The van der Waals surface area contributed by atoms with Gasteiger partial charge in [-0.2, -0.15) is 0 Å². The van der Waals surface area contributed by atoms with Crippen LogP contribution in [0.1, 0.15) is 23.4 Å². The van der Waals surface area contributed by atoms with Gasteiger partial charge in [0, 0.05) is 18.7 Å². The second-order valence-corrected chi connectivity index (χ2v) is 6.51. The predicted molar refractivity (Wildman–Crippen MR) is 106 cm³/mol. The standard InChI is InChI=1S/C22H25N3O2/c1-17-20(24-22(27-17)19-11-6-3-7-12-19)15-21(26)25(14-8-13-23)16-18-9-4-2-5-10-18/h2-7,9-12H,8,13-16,23H2,1H3. The molecule has 0 atom stereocenters. The van der Waals surface area contributed by atoms with Crippen LogP contribution < -0.4 is 5.73 Å². The van der Waals surface area contributed by atoms with Gasteiger partial charge in [-0.15, -0.1) is 0 Å². The molecule has 0 aliphatic heterocycles. The van der Waals surface area contributed by atoms with Crippen LogP contribution in [-0.2, 0) is 17.8 Å². The summed E-state index contributed by atoms with van der Waals surface area (Å²) in [6.45, 7) is 3.61. The van der Waals surface area contributed by atoms with Crippen LogP contribution in [0.5, 0.6) is 0 Å². The largest absolute Gasteiger partial charge is 0.441 e. The number of aromatic nitrogens is 1. The van der Waals surface area contributed by atoms with Gasteiger partial charge in [-0.1, -0.05) is 48.5 Å². The minimum atomic E-state index is 0.0308. The fourth-order valence-corrected chi connectivity index (χ4v) is 2.93. The van der Waals surface area contributed by atoms with Crippen LogP contribution in [0.2, 0.25) is 0 Å². The van der Waals surface area contributed by atoms with E-state index < -0.39 is 0 Å². The van der Waals surface area contributed by atoms with Crippen molar-refractivity contribution in [2.75, 3.05) is 13.1 Å². The van der Waals surface area contributed by atoms with Crippen molar-refractivity contribution in [2.45, 2.75) is 26.3 Å². The molecule has 3 aromatic rings. The van der Waals surface area contributed by atoms with Crippen LogP contribution >= 0.6 is 0 Å². The second kappa shape index (κ2) is 9.14. The third kappa shape index (κ3) is 5.05. The fourth-order valence-electron chi connectivity index (χ4n) is 2.93. The lowest BCUT2D eigenvalue weighted by molar-refractivity contribution is -0.131. The molecule has 0 bridgehead atoms. The Hall–Kier alpha value is -2.92. The van der Waals surface area contributed by atoms with Crippen molar-refractivity contribution >= 4 is 5.91 Å². The van der Waals surface area contributed by atoms with Gasteiger partial charge in [-0.25, -0.2) is 4.98 Å². The Kier molecular flexibility index (Phi) is 6.39. The highest BCUT2D eigenvalue weighted by Crippen LogP contribution is 2.22. The minimum absolute atomic E-state index is 0.0308. The highest BCUT2D eigenvalue weighted by molar-refractivity contribution is 5.78. The van der Waals surface area contributed by atoms with Gasteiger partial charge in [0.25, 0.3) is 0 Å². The molecule has 0 saturated carbocycles. The molecule has 0 saturated heterocycles. The summed E-state index contributed by atoms with van der Waals surface area (Å²) in [5, 5.41) is 0. The van der Waals surface area contributed by atoms with E-state index in [-0.39, 0.29) is 12.3 Å². The van der Waals surface area contributed by atoms with Crippen molar-refractivity contribution in [1.82, 2.24) is 9.88 Å². The van der Waals surface area contributed by atoms with Gasteiger partial charge in [-0.3, -0.25) is 4.79 Å². The Morgan fingerprint density at radius 3 is 2.41 bits per heavy atom. The third-order valence-corrected chi connectivity index (χ3v) is 4.43. The summed E-state index contributed by atoms with van der Waals surface area (Å²) in [4.78, 5) is 19.3. The summed E-state index contributed by atoms with van der Waals surface area (Å²) >= 11 is 0. The summed E-state index contributed by atoms with van der Waals surface area (Å²) in [5.74, 6) is 1.26. The fraction of sp³-hybridized carbons (Fsp3) is 0.273. The molecule has 140 valence electrons. The molecule has 3 rings (SSSR count). The molecule has 2 N–H and O–H groups in total. The molecule has 1 aromatic heterocycles. The van der Waals surface area contributed by atoms with Crippen molar-refractivity contribution in [3.05, 3.63) is 77.7 Å². The highest BCUT2D eigenvalue weighted by Gasteiger charge is 2.19. The Morgan fingerprint density at radius 2 is 1.74 bits per heavy atom. The van der Waals surface area contributed by atoms with Crippen molar-refractivity contribution in [2.24, 2.45) is 5.73 Å². The molecule has 0 aliphatic rings. The van der Waals surface area contributed by atoms with Gasteiger partial charge >= 0.3 is 0 Å². The maximum absolute atomic E-state index is 12.9. The average molecular weight is 363 g/mol. The molecule has 0 spiro atoms. The number of rotatable bonds is 8. The Labute approximate surface area is 159 Å². The van der Waals surface area contributed by atoms with Gasteiger partial charge in [0.15, 0.2) is 0 Å². The first kappa shape index (κ1) is 18.9. The van der Waals surface area contributed by atoms with Crippen LogP contribution in [0, 0.1) is 6.92 Å². The van der Waals surface area contributed by atoms with E-state index in [9.17, 15) is 4.79 Å². The lowest BCUT2D eigenvalue weighted by atomic mass is 10.2. The molecule has 5 nitrogen and oxygen atoms in total. The molecule has 0 aliphatic carbocycles. The number of nitrogens with two attached hydrogens (primary N) is 1. The zero-order chi connectivity index (χ0) is 19.1. The Morgan fingerprint density at radius 1 is 1.07 bits per heavy atom. The lowest BCUT2D eigenvalue weighted by Gasteiger charge is -2.22. The lowest BCUT2D eigenvalue weighted by Crippen LogP contribution is -2.33. The number of nitrogens with zero attached hydrogens (tertiary/aromatic N) is 2. The maximum Gasteiger partial charge on any atom is 0.229 e. The number of carbonyl (C=O) groups excluding carboxylic acids is 1. The van der Waals surface area contributed by atoms with E-state index in [0.717, 1.165) is 17.5 Å². The summed E-state index contributed by atoms with van der Waals surface area (Å²) in [7, 11) is 0. The van der Waals surface area contributed by atoms with Crippen molar-refractivity contribution in [1.29, 1.82) is 0 Å². The van der Waals surface area contributed by atoms with E-state index in [4.69, 9.17) is 10.2 Å². The SMILES string of the molecule is Cc1oc(-c2ccccc2)nc1CC(=O)N(CCCN)Cc1ccccc1. The smallest absolute Gasteiger partial charge is 0.229 e. The number of hydrogen-bond donors (Lipinski definition) is 1. The van der Waals surface area contributed by atoms with E-state index in [1.165, 1.54) is 0 Å². The zero-order valence-corrected chi connectivity index (χ0v) is 15.6. The Bertz CT molecular complexity index is 860. The van der Waals surface area contributed by atoms with Gasteiger partial charge in [0.1, 0.15) is 5.76 Å². The topological polar surface area (TPSA) is 72.4 Å². The maximum atomic E-state index is 12.9. The number of carbonyl (C=O) groups is 1. The van der Waals surface area contributed by atoms with Crippen molar-refractivity contribution in [3.63, 3.8) is 0 Å². The van der Waals surface area contributed by atoms with Crippen molar-refractivity contribution in [3.8, 4) is 11.5 Å². The quantitative estimate of drug-likeness (QED) is 0.664. The highest BCUT2D eigenvalue weighted by atomic mass is 16.4. The molecule has 5 heteroatoms. The van der Waals surface area contributed by atoms with Gasteiger partial charge in [0.2, 0.25) is 11.8 Å². The number of aryl methyl sites for hydroxylation is 1. The van der Waals surface area contributed by atoms with Gasteiger partial charge < -0.3 is 15.1 Å². The van der Waals surface area contributed by atoms with E-state index in [1.54, 1.807) is 0 Å². The predicted octanol–water partition coefficient (Wildman–Crippen LogP) is 3.57. The summed E-state index contributed by atoms with van der Waals surface area (Å²) in [6, 6.07) is 19.7. The molecule has 27 heavy (non-hydrogen) atoms. The summed E-state index contributed by atoms with van der Waals surface area (Å²) in [6.07, 6.45) is 0.991. The molecular formula is C22H25N3O2.